The Bertz CT molecular complexity index is 1690. The number of hydrogen-bond donors (Lipinski definition) is 0. The fraction of sp³-hybridized carbons (Fsp3) is 0.611. The van der Waals surface area contributed by atoms with E-state index in [9.17, 15) is 9.18 Å². The van der Waals surface area contributed by atoms with Gasteiger partial charge in [-0.3, -0.25) is 14.5 Å². The molecule has 7 rings (SSSR count). The molecule has 0 N–H and O–H groups in total. The lowest BCUT2D eigenvalue weighted by atomic mass is 9.80. The van der Waals surface area contributed by atoms with E-state index in [0.29, 0.717) is 55.4 Å². The second-order valence-corrected chi connectivity index (χ2v) is 15.2. The highest BCUT2D eigenvalue weighted by Gasteiger charge is 2.55. The van der Waals surface area contributed by atoms with Crippen LogP contribution >= 0.6 is 11.6 Å². The smallest absolute Gasteiger partial charge is 0.226 e. The molecule has 0 radical (unpaired) electrons. The van der Waals surface area contributed by atoms with Crippen molar-refractivity contribution in [2.24, 2.45) is 13.0 Å². The van der Waals surface area contributed by atoms with E-state index in [1.807, 2.05) is 24.9 Å². The number of halogens is 3. The molecule has 5 heterocycles. The van der Waals surface area contributed by atoms with Crippen LogP contribution in [0.4, 0.5) is 8.78 Å². The van der Waals surface area contributed by atoms with Crippen molar-refractivity contribution in [3.05, 3.63) is 75.6 Å². The predicted octanol–water partition coefficient (Wildman–Crippen LogP) is 5.99. The minimum Gasteiger partial charge on any atom is -0.381 e. The van der Waals surface area contributed by atoms with Crippen LogP contribution in [-0.2, 0) is 32.3 Å². The van der Waals surface area contributed by atoms with Crippen molar-refractivity contribution < 1.29 is 23.0 Å². The summed E-state index contributed by atoms with van der Waals surface area (Å²) in [4.78, 5) is 28.3. The fourth-order valence-electron chi connectivity index (χ4n) is 8.87. The number of likely N-dealkylation sites (tertiary alicyclic amines) is 1. The largest absolute Gasteiger partial charge is 0.381 e. The molecule has 9 nitrogen and oxygen atoms in total. The van der Waals surface area contributed by atoms with Gasteiger partial charge in [-0.05, 0) is 90.0 Å². The lowest BCUT2D eigenvalue weighted by Crippen LogP contribution is -2.48. The van der Waals surface area contributed by atoms with Crippen LogP contribution in [0, 0.1) is 24.5 Å². The maximum Gasteiger partial charge on any atom is 0.226 e. The Hall–Kier alpha value is -2.99. The minimum absolute atomic E-state index is 0.0240. The van der Waals surface area contributed by atoms with Gasteiger partial charge in [0.05, 0.1) is 27.9 Å². The molecule has 0 bridgehead atoms. The van der Waals surface area contributed by atoms with E-state index in [1.165, 1.54) is 12.1 Å². The molecule has 3 fully saturated rings. The summed E-state index contributed by atoms with van der Waals surface area (Å²) in [5, 5.41) is 4.89. The molecule has 3 aliphatic heterocycles. The van der Waals surface area contributed by atoms with Gasteiger partial charge in [0.1, 0.15) is 29.4 Å². The summed E-state index contributed by atoms with van der Waals surface area (Å²) in [5.41, 5.74) is 1.75. The van der Waals surface area contributed by atoms with Crippen LogP contribution < -0.4 is 0 Å². The number of nitrogens with zero attached hydrogens (tertiary/aromatic N) is 6. The Labute approximate surface area is 286 Å². The minimum atomic E-state index is -0.689. The molecule has 4 aliphatic rings. The van der Waals surface area contributed by atoms with Crippen molar-refractivity contribution in [1.29, 1.82) is 0 Å². The quantitative estimate of drug-likeness (QED) is 0.316. The normalized spacial score (nSPS) is 26.1. The van der Waals surface area contributed by atoms with E-state index in [4.69, 9.17) is 26.1 Å². The van der Waals surface area contributed by atoms with Crippen LogP contribution in [-0.4, -0.2) is 80.9 Å². The van der Waals surface area contributed by atoms with Gasteiger partial charge in [0.25, 0.3) is 0 Å². The Kier molecular flexibility index (Phi) is 8.88. The molecule has 2 aromatic heterocycles. The van der Waals surface area contributed by atoms with Crippen molar-refractivity contribution >= 4 is 17.5 Å². The van der Waals surface area contributed by atoms with Gasteiger partial charge in [-0.25, -0.2) is 13.8 Å². The summed E-state index contributed by atoms with van der Waals surface area (Å²) in [6.07, 6.45) is 5.45. The van der Waals surface area contributed by atoms with E-state index >= 15 is 4.39 Å². The third-order valence-corrected chi connectivity index (χ3v) is 12.0. The Morgan fingerprint density at radius 3 is 2.48 bits per heavy atom. The standard InChI is InChI=1S/C36H45ClF2N6O3/c1-21-29(37)19-28-31(42-21)36(48-32(28)35(2,3)34-40-20-41-44(34)5)10-12-45(13-11-36)33(46)27-18-24(43(4)23-8-14-47-15-9-23)17-26(27)25-7-6-22(38)16-30(25)39/h6-7,16,19-20,23-24,26-27,32H,8-15,17-18H2,1-5H3/t24?,26-,27?,32?/m0/s1. The maximum absolute atomic E-state index is 15.3. The molecule has 1 aliphatic carbocycles. The highest BCUT2D eigenvalue weighted by atomic mass is 35.5. The van der Waals surface area contributed by atoms with Gasteiger partial charge in [-0.1, -0.05) is 17.7 Å². The lowest BCUT2D eigenvalue weighted by molar-refractivity contribution is -0.152. The van der Waals surface area contributed by atoms with Gasteiger partial charge in [-0.2, -0.15) is 5.10 Å². The second-order valence-electron chi connectivity index (χ2n) is 14.8. The molecule has 258 valence electrons. The molecule has 12 heteroatoms. The van der Waals surface area contributed by atoms with E-state index in [1.54, 1.807) is 11.0 Å². The molecule has 2 saturated heterocycles. The number of piperidine rings is 1. The number of benzene rings is 1. The number of carbonyl (C=O) groups is 1. The maximum atomic E-state index is 15.3. The summed E-state index contributed by atoms with van der Waals surface area (Å²) in [6.45, 7) is 8.50. The van der Waals surface area contributed by atoms with Crippen LogP contribution in [0.5, 0.6) is 0 Å². The van der Waals surface area contributed by atoms with E-state index in [2.05, 4.69) is 35.9 Å². The molecule has 3 unspecified atom stereocenters. The van der Waals surface area contributed by atoms with Crippen molar-refractivity contribution in [2.75, 3.05) is 33.4 Å². The van der Waals surface area contributed by atoms with Gasteiger partial charge in [0.15, 0.2) is 0 Å². The zero-order valence-electron chi connectivity index (χ0n) is 28.4. The topological polar surface area (TPSA) is 85.6 Å². The summed E-state index contributed by atoms with van der Waals surface area (Å²) < 4.78 is 43.7. The number of fused-ring (bicyclic) bond motifs is 2. The Morgan fingerprint density at radius 1 is 1.08 bits per heavy atom. The number of rotatable bonds is 6. The third kappa shape index (κ3) is 5.74. The van der Waals surface area contributed by atoms with Gasteiger partial charge in [-0.15, -0.1) is 0 Å². The molecule has 4 atom stereocenters. The number of pyridine rings is 1. The zero-order valence-corrected chi connectivity index (χ0v) is 29.1. The molecule has 1 saturated carbocycles. The summed E-state index contributed by atoms with van der Waals surface area (Å²) in [5.74, 6) is -1.14. The molecular weight excluding hydrogens is 638 g/mol. The second kappa shape index (κ2) is 12.7. The van der Waals surface area contributed by atoms with Crippen LogP contribution in [0.2, 0.25) is 5.02 Å². The average molecular weight is 683 g/mol. The molecule has 1 spiro atoms. The van der Waals surface area contributed by atoms with E-state index in [-0.39, 0.29) is 24.0 Å². The van der Waals surface area contributed by atoms with E-state index < -0.39 is 28.6 Å². The van der Waals surface area contributed by atoms with Crippen molar-refractivity contribution in [3.63, 3.8) is 0 Å². The third-order valence-electron chi connectivity index (χ3n) is 11.6. The summed E-state index contributed by atoms with van der Waals surface area (Å²) >= 11 is 6.63. The monoisotopic (exact) mass is 682 g/mol. The number of aryl methyl sites for hydroxylation is 2. The van der Waals surface area contributed by atoms with Crippen LogP contribution in [0.15, 0.2) is 30.6 Å². The lowest BCUT2D eigenvalue weighted by Gasteiger charge is -2.41. The number of carbonyl (C=O) groups excluding carboxylic acids is 1. The van der Waals surface area contributed by atoms with Gasteiger partial charge < -0.3 is 19.3 Å². The number of aromatic nitrogens is 4. The Balaban J connectivity index is 1.14. The van der Waals surface area contributed by atoms with Crippen LogP contribution in [0.1, 0.15) is 92.7 Å². The average Bonchev–Trinajstić information content (AvgIpc) is 3.79. The first-order valence-corrected chi connectivity index (χ1v) is 17.5. The number of amides is 1. The molecule has 3 aromatic rings. The molecule has 48 heavy (non-hydrogen) atoms. The van der Waals surface area contributed by atoms with Crippen molar-refractivity contribution in [2.45, 2.75) is 94.4 Å². The van der Waals surface area contributed by atoms with Gasteiger partial charge in [0.2, 0.25) is 5.91 Å². The van der Waals surface area contributed by atoms with Crippen LogP contribution in [0.3, 0.4) is 0 Å². The first kappa shape index (κ1) is 33.5. The SMILES string of the molecule is Cc1nc2c(cc1Cl)C(C(C)(C)c1ncnn1C)OC21CCN(C(=O)C2CC(N(C)C3CCOCC3)C[C@H]2c2ccc(F)cc2F)CC1. The van der Waals surface area contributed by atoms with Gasteiger partial charge in [0, 0.05) is 63.0 Å². The highest BCUT2D eigenvalue weighted by molar-refractivity contribution is 6.31. The molecule has 1 amide bonds. The van der Waals surface area contributed by atoms with Crippen LogP contribution in [0.25, 0.3) is 0 Å². The number of hydrogen-bond acceptors (Lipinski definition) is 7. The van der Waals surface area contributed by atoms with E-state index in [0.717, 1.165) is 54.9 Å². The van der Waals surface area contributed by atoms with Crippen molar-refractivity contribution in [1.82, 2.24) is 29.5 Å². The van der Waals surface area contributed by atoms with Crippen molar-refractivity contribution in [3.8, 4) is 0 Å². The van der Waals surface area contributed by atoms with Gasteiger partial charge >= 0.3 is 0 Å². The first-order chi connectivity index (χ1) is 22.9. The predicted molar refractivity (Wildman–Crippen MR) is 177 cm³/mol. The molecular formula is C36H45ClF2N6O3. The first-order valence-electron chi connectivity index (χ1n) is 17.1. The highest BCUT2D eigenvalue weighted by Crippen LogP contribution is 2.55. The molecule has 1 aromatic carbocycles. The zero-order chi connectivity index (χ0) is 34.0. The Morgan fingerprint density at radius 2 is 1.81 bits per heavy atom. The number of ether oxygens (including phenoxy) is 2. The fourth-order valence-corrected chi connectivity index (χ4v) is 9.03. The summed E-state index contributed by atoms with van der Waals surface area (Å²) in [7, 11) is 3.99. The summed E-state index contributed by atoms with van der Waals surface area (Å²) in [6, 6.07) is 6.21.